The number of anilines is 1. The lowest BCUT2D eigenvalue weighted by molar-refractivity contribution is 0.0588. The summed E-state index contributed by atoms with van der Waals surface area (Å²) in [6.07, 6.45) is -0.286. The van der Waals surface area contributed by atoms with Crippen molar-refractivity contribution in [3.63, 3.8) is 0 Å². The molecule has 1 amide bonds. The topological polar surface area (TPSA) is 29.5 Å². The molecule has 0 saturated heterocycles. The maximum absolute atomic E-state index is 12.0. The number of benzene rings is 1. The van der Waals surface area contributed by atoms with Crippen LogP contribution in [0.15, 0.2) is 27.6 Å². The highest BCUT2D eigenvalue weighted by Gasteiger charge is 2.29. The van der Waals surface area contributed by atoms with Crippen LogP contribution < -0.4 is 4.90 Å². The number of carbonyl (C=O) groups excluding carboxylic acids is 1. The smallest absolute Gasteiger partial charge is 0.415 e. The van der Waals surface area contributed by atoms with Crippen molar-refractivity contribution in [2.24, 2.45) is 0 Å². The van der Waals surface area contributed by atoms with Crippen molar-refractivity contribution in [1.29, 1.82) is 0 Å². The lowest BCUT2D eigenvalue weighted by Crippen LogP contribution is -2.35. The molecule has 0 fully saturated rings. The quantitative estimate of drug-likeness (QED) is 0.716. The van der Waals surface area contributed by atoms with Gasteiger partial charge in [-0.15, -0.1) is 11.8 Å². The van der Waals surface area contributed by atoms with Crippen molar-refractivity contribution in [3.8, 4) is 0 Å². The number of rotatable bonds is 0. The molecule has 0 aromatic heterocycles. The molecule has 0 radical (unpaired) electrons. The Bertz CT molecular complexity index is 456. The van der Waals surface area contributed by atoms with Gasteiger partial charge in [-0.2, -0.15) is 0 Å². The molecule has 1 aromatic rings. The summed E-state index contributed by atoms with van der Waals surface area (Å²) in [5, 5.41) is 0. The highest BCUT2D eigenvalue weighted by molar-refractivity contribution is 9.10. The van der Waals surface area contributed by atoms with Gasteiger partial charge in [0.2, 0.25) is 0 Å². The summed E-state index contributed by atoms with van der Waals surface area (Å²) in [5.41, 5.74) is 0.465. The summed E-state index contributed by atoms with van der Waals surface area (Å²) in [6, 6.07) is 5.88. The molecule has 0 unspecified atom stereocenters. The lowest BCUT2D eigenvalue weighted by atomic mass is 10.2. The van der Waals surface area contributed by atoms with Gasteiger partial charge in [-0.25, -0.2) is 4.79 Å². The van der Waals surface area contributed by atoms with Gasteiger partial charge in [0.1, 0.15) is 5.60 Å². The normalized spacial score (nSPS) is 14.7. The second-order valence-electron chi connectivity index (χ2n) is 4.79. The molecule has 0 bridgehead atoms. The number of amides is 1. The van der Waals surface area contributed by atoms with E-state index in [1.54, 1.807) is 16.7 Å². The zero-order valence-corrected chi connectivity index (χ0v) is 12.4. The Hall–Kier alpha value is -0.680. The molecular weight excluding hydrogens is 302 g/mol. The van der Waals surface area contributed by atoms with E-state index in [1.807, 2.05) is 39.0 Å². The molecule has 1 aromatic carbocycles. The van der Waals surface area contributed by atoms with Crippen LogP contribution in [0.1, 0.15) is 20.8 Å². The predicted molar refractivity (Wildman–Crippen MR) is 73.6 cm³/mol. The zero-order valence-electron chi connectivity index (χ0n) is 9.99. The van der Waals surface area contributed by atoms with Gasteiger partial charge in [0.05, 0.1) is 11.6 Å². The summed E-state index contributed by atoms with van der Waals surface area (Å²) in [7, 11) is 0. The van der Waals surface area contributed by atoms with E-state index in [-0.39, 0.29) is 6.09 Å². The van der Waals surface area contributed by atoms with Crippen LogP contribution in [0.4, 0.5) is 10.5 Å². The standard InChI is InChI=1S/C12H14BrNO2S/c1-12(2,3)16-11(15)14-7-17-10-6-8(13)4-5-9(10)14/h4-6H,7H2,1-3H3. The van der Waals surface area contributed by atoms with E-state index in [9.17, 15) is 4.79 Å². The third kappa shape index (κ3) is 2.96. The minimum Gasteiger partial charge on any atom is -0.443 e. The third-order valence-electron chi connectivity index (χ3n) is 2.18. The Morgan fingerprint density at radius 1 is 1.47 bits per heavy atom. The Kier molecular flexibility index (Phi) is 3.41. The van der Waals surface area contributed by atoms with Crippen molar-refractivity contribution in [2.75, 3.05) is 10.8 Å². The number of fused-ring (bicyclic) bond motifs is 1. The van der Waals surface area contributed by atoms with Crippen LogP contribution in [0, 0.1) is 0 Å². The molecule has 0 saturated carbocycles. The van der Waals surface area contributed by atoms with Crippen LogP contribution in [0.2, 0.25) is 0 Å². The summed E-state index contributed by atoms with van der Waals surface area (Å²) >= 11 is 5.06. The van der Waals surface area contributed by atoms with Crippen molar-refractivity contribution in [1.82, 2.24) is 0 Å². The first-order chi connectivity index (χ1) is 7.87. The molecule has 1 aliphatic heterocycles. The molecule has 0 N–H and O–H groups in total. The first-order valence-electron chi connectivity index (χ1n) is 5.30. The van der Waals surface area contributed by atoms with E-state index < -0.39 is 5.60 Å². The fourth-order valence-electron chi connectivity index (χ4n) is 1.50. The largest absolute Gasteiger partial charge is 0.443 e. The van der Waals surface area contributed by atoms with Crippen LogP contribution in [0.25, 0.3) is 0 Å². The molecule has 92 valence electrons. The van der Waals surface area contributed by atoms with Gasteiger partial charge in [-0.1, -0.05) is 15.9 Å². The van der Waals surface area contributed by atoms with Gasteiger partial charge in [0.15, 0.2) is 0 Å². The zero-order chi connectivity index (χ0) is 12.6. The van der Waals surface area contributed by atoms with Crippen molar-refractivity contribution in [2.45, 2.75) is 31.3 Å². The summed E-state index contributed by atoms with van der Waals surface area (Å²) in [5.74, 6) is 0.612. The first kappa shape index (κ1) is 12.8. The van der Waals surface area contributed by atoms with Gasteiger partial charge < -0.3 is 4.74 Å². The molecule has 1 aliphatic rings. The number of hydrogen-bond donors (Lipinski definition) is 0. The third-order valence-corrected chi connectivity index (χ3v) is 3.69. The van der Waals surface area contributed by atoms with Gasteiger partial charge in [0.25, 0.3) is 0 Å². The van der Waals surface area contributed by atoms with Crippen LogP contribution in [-0.2, 0) is 4.74 Å². The molecule has 5 heteroatoms. The fourth-order valence-corrected chi connectivity index (χ4v) is 3.06. The number of halogens is 1. The molecular formula is C12H14BrNO2S. The van der Waals surface area contributed by atoms with E-state index in [0.29, 0.717) is 5.88 Å². The SMILES string of the molecule is CC(C)(C)OC(=O)N1CSc2cc(Br)ccc21. The monoisotopic (exact) mass is 315 g/mol. The molecule has 0 spiro atoms. The summed E-state index contributed by atoms with van der Waals surface area (Å²) in [4.78, 5) is 14.8. The van der Waals surface area contributed by atoms with E-state index in [0.717, 1.165) is 15.1 Å². The highest BCUT2D eigenvalue weighted by Crippen LogP contribution is 2.40. The Balaban J connectivity index is 2.20. The van der Waals surface area contributed by atoms with E-state index in [2.05, 4.69) is 15.9 Å². The van der Waals surface area contributed by atoms with Crippen molar-refractivity contribution in [3.05, 3.63) is 22.7 Å². The van der Waals surface area contributed by atoms with Crippen LogP contribution >= 0.6 is 27.7 Å². The van der Waals surface area contributed by atoms with Crippen LogP contribution in [0.5, 0.6) is 0 Å². The molecule has 0 atom stereocenters. The number of hydrogen-bond acceptors (Lipinski definition) is 3. The minimum atomic E-state index is -0.458. The second-order valence-corrected chi connectivity index (χ2v) is 6.70. The average Bonchev–Trinajstić information content (AvgIpc) is 2.57. The second kappa shape index (κ2) is 4.53. The van der Waals surface area contributed by atoms with Crippen LogP contribution in [0.3, 0.4) is 0 Å². The van der Waals surface area contributed by atoms with Gasteiger partial charge in [-0.05, 0) is 39.0 Å². The van der Waals surface area contributed by atoms with Crippen molar-refractivity contribution >= 4 is 39.5 Å². The first-order valence-corrected chi connectivity index (χ1v) is 7.07. The van der Waals surface area contributed by atoms with E-state index in [4.69, 9.17) is 4.74 Å². The number of thioether (sulfide) groups is 1. The lowest BCUT2D eigenvalue weighted by Gasteiger charge is -2.24. The van der Waals surface area contributed by atoms with E-state index in [1.165, 1.54) is 0 Å². The number of nitrogens with zero attached hydrogens (tertiary/aromatic N) is 1. The molecule has 0 aliphatic carbocycles. The Morgan fingerprint density at radius 3 is 2.82 bits per heavy atom. The minimum absolute atomic E-state index is 0.286. The van der Waals surface area contributed by atoms with Gasteiger partial charge >= 0.3 is 6.09 Å². The average molecular weight is 316 g/mol. The van der Waals surface area contributed by atoms with Crippen LogP contribution in [-0.4, -0.2) is 17.6 Å². The van der Waals surface area contributed by atoms with E-state index >= 15 is 0 Å². The highest BCUT2D eigenvalue weighted by atomic mass is 79.9. The molecule has 2 rings (SSSR count). The summed E-state index contributed by atoms with van der Waals surface area (Å²) < 4.78 is 6.39. The molecule has 1 heterocycles. The predicted octanol–water partition coefficient (Wildman–Crippen LogP) is 4.25. The number of carbonyl (C=O) groups is 1. The number of ether oxygens (including phenoxy) is 1. The maximum Gasteiger partial charge on any atom is 0.415 e. The maximum atomic E-state index is 12.0. The van der Waals surface area contributed by atoms with Gasteiger partial charge in [-0.3, -0.25) is 4.90 Å². The Labute approximate surface area is 114 Å². The fraction of sp³-hybridized carbons (Fsp3) is 0.417. The Morgan fingerprint density at radius 2 is 2.18 bits per heavy atom. The van der Waals surface area contributed by atoms with Crippen molar-refractivity contribution < 1.29 is 9.53 Å². The van der Waals surface area contributed by atoms with Gasteiger partial charge in [0, 0.05) is 9.37 Å². The summed E-state index contributed by atoms with van der Waals surface area (Å²) in [6.45, 7) is 5.61. The molecule has 3 nitrogen and oxygen atoms in total. The molecule has 17 heavy (non-hydrogen) atoms.